The van der Waals surface area contributed by atoms with E-state index < -0.39 is 12.0 Å². The first-order valence-electron chi connectivity index (χ1n) is 7.48. The Balaban J connectivity index is 1.73. The lowest BCUT2D eigenvalue weighted by Gasteiger charge is -2.34. The van der Waals surface area contributed by atoms with Gasteiger partial charge in [-0.25, -0.2) is 13.6 Å². The molecule has 1 unspecified atom stereocenters. The van der Waals surface area contributed by atoms with Gasteiger partial charge in [-0.1, -0.05) is 12.8 Å². The third-order valence-corrected chi connectivity index (χ3v) is 4.77. The van der Waals surface area contributed by atoms with Gasteiger partial charge in [-0.15, -0.1) is 0 Å². The van der Waals surface area contributed by atoms with Gasteiger partial charge in [-0.2, -0.15) is 0 Å². The van der Waals surface area contributed by atoms with Gasteiger partial charge in [-0.3, -0.25) is 9.69 Å². The highest BCUT2D eigenvalue weighted by Gasteiger charge is 2.47. The summed E-state index contributed by atoms with van der Waals surface area (Å²) in [5.41, 5.74) is 0. The van der Waals surface area contributed by atoms with E-state index in [1.54, 1.807) is 4.90 Å². The van der Waals surface area contributed by atoms with Crippen molar-refractivity contribution in [2.75, 3.05) is 6.54 Å². The van der Waals surface area contributed by atoms with Crippen LogP contribution >= 0.6 is 0 Å². The van der Waals surface area contributed by atoms with E-state index in [4.69, 9.17) is 0 Å². The summed E-state index contributed by atoms with van der Waals surface area (Å²) in [5, 5.41) is 0. The molecule has 3 rings (SSSR count). The molecular formula is C14H20F2N2O2. The molecule has 4 nitrogen and oxygen atoms in total. The van der Waals surface area contributed by atoms with E-state index in [0.29, 0.717) is 12.8 Å². The number of amides is 3. The average Bonchev–Trinajstić information content (AvgIpc) is 2.96. The molecule has 1 heterocycles. The molecule has 20 heavy (non-hydrogen) atoms. The topological polar surface area (TPSA) is 40.6 Å². The zero-order valence-electron chi connectivity index (χ0n) is 11.5. The molecule has 1 saturated heterocycles. The third kappa shape index (κ3) is 2.40. The number of urea groups is 1. The van der Waals surface area contributed by atoms with E-state index in [1.165, 1.54) is 0 Å². The molecule has 3 amide bonds. The van der Waals surface area contributed by atoms with Gasteiger partial charge in [-0.05, 0) is 25.7 Å². The van der Waals surface area contributed by atoms with Gasteiger partial charge in [0.1, 0.15) is 6.54 Å². The summed E-state index contributed by atoms with van der Waals surface area (Å²) in [5.74, 6) is -3.05. The summed E-state index contributed by atoms with van der Waals surface area (Å²) in [7, 11) is 0. The number of carbonyl (C=O) groups is 2. The molecule has 0 aromatic carbocycles. The normalized spacial score (nSPS) is 31.4. The minimum atomic E-state index is -2.75. The molecule has 1 atom stereocenters. The Morgan fingerprint density at radius 1 is 1.00 bits per heavy atom. The Hall–Kier alpha value is -1.20. The Kier molecular flexibility index (Phi) is 3.42. The van der Waals surface area contributed by atoms with E-state index in [-0.39, 0.29) is 37.4 Å². The number of hydrogen-bond donors (Lipinski definition) is 0. The predicted octanol–water partition coefficient (Wildman–Crippen LogP) is 2.77. The SMILES string of the molecule is O=C1CN(C2CCCC2)C(=O)N1C1CCCC(F)(F)C1. The highest BCUT2D eigenvalue weighted by Crippen LogP contribution is 2.37. The van der Waals surface area contributed by atoms with Gasteiger partial charge < -0.3 is 4.90 Å². The third-order valence-electron chi connectivity index (χ3n) is 4.77. The second kappa shape index (κ2) is 4.97. The summed E-state index contributed by atoms with van der Waals surface area (Å²) in [6, 6.07) is -0.838. The van der Waals surface area contributed by atoms with E-state index in [9.17, 15) is 18.4 Å². The van der Waals surface area contributed by atoms with Crippen LogP contribution in [-0.4, -0.2) is 46.3 Å². The van der Waals surface area contributed by atoms with Crippen molar-refractivity contribution >= 4 is 11.9 Å². The zero-order chi connectivity index (χ0) is 14.3. The summed E-state index contributed by atoms with van der Waals surface area (Å²) >= 11 is 0. The van der Waals surface area contributed by atoms with Crippen molar-refractivity contribution in [1.29, 1.82) is 0 Å². The first kappa shape index (κ1) is 13.8. The molecule has 0 N–H and O–H groups in total. The summed E-state index contributed by atoms with van der Waals surface area (Å²) in [4.78, 5) is 27.2. The second-order valence-electron chi connectivity index (χ2n) is 6.22. The van der Waals surface area contributed by atoms with Crippen LogP contribution in [0.4, 0.5) is 13.6 Å². The molecule has 1 aliphatic heterocycles. The van der Waals surface area contributed by atoms with Crippen molar-refractivity contribution in [2.45, 2.75) is 69.4 Å². The lowest BCUT2D eigenvalue weighted by Crippen LogP contribution is -2.47. The molecule has 112 valence electrons. The minimum Gasteiger partial charge on any atom is -0.312 e. The Morgan fingerprint density at radius 2 is 1.65 bits per heavy atom. The number of rotatable bonds is 2. The first-order valence-corrected chi connectivity index (χ1v) is 7.48. The maximum absolute atomic E-state index is 13.5. The number of halogens is 2. The van der Waals surface area contributed by atoms with E-state index in [1.807, 2.05) is 0 Å². The van der Waals surface area contributed by atoms with E-state index in [0.717, 1.165) is 30.6 Å². The van der Waals surface area contributed by atoms with Crippen LogP contribution in [0.5, 0.6) is 0 Å². The summed E-state index contributed by atoms with van der Waals surface area (Å²) in [6.07, 6.45) is 4.37. The maximum Gasteiger partial charge on any atom is 0.327 e. The quantitative estimate of drug-likeness (QED) is 0.732. The molecule has 3 aliphatic rings. The van der Waals surface area contributed by atoms with Crippen molar-refractivity contribution in [3.8, 4) is 0 Å². The van der Waals surface area contributed by atoms with Gasteiger partial charge in [0, 0.05) is 24.9 Å². The van der Waals surface area contributed by atoms with E-state index >= 15 is 0 Å². The number of alkyl halides is 2. The van der Waals surface area contributed by atoms with Gasteiger partial charge in [0.05, 0.1) is 0 Å². The molecule has 0 spiro atoms. The van der Waals surface area contributed by atoms with Crippen molar-refractivity contribution in [3.05, 3.63) is 0 Å². The highest BCUT2D eigenvalue weighted by atomic mass is 19.3. The Bertz CT molecular complexity index is 421. The number of carbonyl (C=O) groups excluding carboxylic acids is 2. The smallest absolute Gasteiger partial charge is 0.312 e. The number of nitrogens with zero attached hydrogens (tertiary/aromatic N) is 2. The van der Waals surface area contributed by atoms with Crippen molar-refractivity contribution in [3.63, 3.8) is 0 Å². The van der Waals surface area contributed by atoms with Crippen molar-refractivity contribution < 1.29 is 18.4 Å². The number of imide groups is 1. The van der Waals surface area contributed by atoms with Gasteiger partial charge in [0.25, 0.3) is 5.91 Å². The maximum atomic E-state index is 13.5. The van der Waals surface area contributed by atoms with Gasteiger partial charge in [0.2, 0.25) is 5.92 Å². The van der Waals surface area contributed by atoms with Gasteiger partial charge in [0.15, 0.2) is 0 Å². The molecule has 0 radical (unpaired) electrons. The first-order chi connectivity index (χ1) is 9.48. The molecule has 0 aromatic rings. The molecular weight excluding hydrogens is 266 g/mol. The molecule has 6 heteroatoms. The number of hydrogen-bond acceptors (Lipinski definition) is 2. The largest absolute Gasteiger partial charge is 0.327 e. The zero-order valence-corrected chi connectivity index (χ0v) is 11.5. The molecule has 0 aromatic heterocycles. The van der Waals surface area contributed by atoms with Crippen LogP contribution in [0.2, 0.25) is 0 Å². The molecule has 3 fully saturated rings. The van der Waals surface area contributed by atoms with Crippen LogP contribution in [-0.2, 0) is 4.79 Å². The molecule has 2 saturated carbocycles. The van der Waals surface area contributed by atoms with Crippen LogP contribution in [0.1, 0.15) is 51.4 Å². The minimum absolute atomic E-state index is 0.0750. The van der Waals surface area contributed by atoms with E-state index in [2.05, 4.69) is 0 Å². The fourth-order valence-corrected chi connectivity index (χ4v) is 3.76. The van der Waals surface area contributed by atoms with Crippen molar-refractivity contribution in [1.82, 2.24) is 9.80 Å². The fourth-order valence-electron chi connectivity index (χ4n) is 3.76. The average molecular weight is 286 g/mol. The van der Waals surface area contributed by atoms with Gasteiger partial charge >= 0.3 is 6.03 Å². The standard InChI is InChI=1S/C14H20F2N2O2/c15-14(16)7-3-6-11(8-14)18-12(19)9-17(13(18)20)10-4-1-2-5-10/h10-11H,1-9H2. The van der Waals surface area contributed by atoms with Crippen LogP contribution in [0.15, 0.2) is 0 Å². The Labute approximate surface area is 117 Å². The molecule has 2 aliphatic carbocycles. The fraction of sp³-hybridized carbons (Fsp3) is 0.857. The Morgan fingerprint density at radius 3 is 2.30 bits per heavy atom. The lowest BCUT2D eigenvalue weighted by molar-refractivity contribution is -0.130. The summed E-state index contributed by atoms with van der Waals surface area (Å²) < 4.78 is 27.0. The predicted molar refractivity (Wildman–Crippen MR) is 68.4 cm³/mol. The summed E-state index contributed by atoms with van der Waals surface area (Å²) in [6.45, 7) is 0.0750. The monoisotopic (exact) mass is 286 g/mol. The van der Waals surface area contributed by atoms with Crippen LogP contribution < -0.4 is 0 Å². The lowest BCUT2D eigenvalue weighted by atomic mass is 9.91. The second-order valence-corrected chi connectivity index (χ2v) is 6.22. The van der Waals surface area contributed by atoms with Crippen molar-refractivity contribution in [2.24, 2.45) is 0 Å². The molecule has 0 bridgehead atoms. The van der Waals surface area contributed by atoms with Crippen LogP contribution in [0.3, 0.4) is 0 Å². The van der Waals surface area contributed by atoms with Crippen LogP contribution in [0.25, 0.3) is 0 Å². The van der Waals surface area contributed by atoms with Crippen LogP contribution in [0, 0.1) is 0 Å². The highest BCUT2D eigenvalue weighted by molar-refractivity contribution is 6.02.